The van der Waals surface area contributed by atoms with Crippen molar-refractivity contribution < 1.29 is 0 Å². The zero-order valence-electron chi connectivity index (χ0n) is 9.55. The van der Waals surface area contributed by atoms with Gasteiger partial charge in [0.25, 0.3) is 0 Å². The van der Waals surface area contributed by atoms with Crippen molar-refractivity contribution >= 4 is 22.6 Å². The second-order valence-corrected chi connectivity index (χ2v) is 4.70. The van der Waals surface area contributed by atoms with Gasteiger partial charge in [0.15, 0.2) is 0 Å². The summed E-state index contributed by atoms with van der Waals surface area (Å²) in [7, 11) is 0. The van der Waals surface area contributed by atoms with Crippen molar-refractivity contribution in [2.24, 2.45) is 5.92 Å². The lowest BCUT2D eigenvalue weighted by molar-refractivity contribution is 0.496. The largest absolute Gasteiger partial charge is 0.307 e. The highest BCUT2D eigenvalue weighted by Gasteiger charge is 2.20. The predicted octanol–water partition coefficient (Wildman–Crippen LogP) is 3.99. The second-order valence-electron chi connectivity index (χ2n) is 4.36. The van der Waals surface area contributed by atoms with Gasteiger partial charge in [0, 0.05) is 0 Å². The Morgan fingerprint density at radius 1 is 1.18 bits per heavy atom. The molecule has 0 bridgehead atoms. The van der Waals surface area contributed by atoms with E-state index in [1.165, 1.54) is 0 Å². The quantitative estimate of drug-likeness (QED) is 0.742. The van der Waals surface area contributed by atoms with Crippen LogP contribution >= 0.6 is 11.6 Å². The van der Waals surface area contributed by atoms with E-state index in [4.69, 9.17) is 11.6 Å². The fourth-order valence-electron chi connectivity index (χ4n) is 2.33. The van der Waals surface area contributed by atoms with Gasteiger partial charge in [0.05, 0.1) is 17.1 Å². The monoisotopic (exact) mass is 244 g/mol. The summed E-state index contributed by atoms with van der Waals surface area (Å²) in [5.41, 5.74) is 2.04. The molecule has 0 radical (unpaired) electrons. The molecule has 0 N–H and O–H groups in total. The van der Waals surface area contributed by atoms with Crippen LogP contribution in [0.5, 0.6) is 0 Å². The van der Waals surface area contributed by atoms with Crippen molar-refractivity contribution in [2.45, 2.75) is 13.0 Å². The number of hydrogen-bond acceptors (Lipinski definition) is 1. The Bertz CT molecular complexity index is 610. The van der Waals surface area contributed by atoms with Gasteiger partial charge in [-0.3, -0.25) is 0 Å². The Labute approximate surface area is 105 Å². The first kappa shape index (κ1) is 10.6. The zero-order valence-corrected chi connectivity index (χ0v) is 10.3. The van der Waals surface area contributed by atoms with Gasteiger partial charge in [-0.15, -0.1) is 0 Å². The van der Waals surface area contributed by atoms with Gasteiger partial charge < -0.3 is 4.57 Å². The average molecular weight is 245 g/mol. The Morgan fingerprint density at radius 2 is 1.94 bits per heavy atom. The molecule has 2 atom stereocenters. The molecule has 0 fully saturated rings. The molecule has 1 aliphatic carbocycles. The van der Waals surface area contributed by atoms with E-state index in [-0.39, 0.29) is 6.04 Å². The van der Waals surface area contributed by atoms with Gasteiger partial charge in [-0.1, -0.05) is 43.4 Å². The number of fused-ring (bicyclic) bond motifs is 1. The van der Waals surface area contributed by atoms with Crippen LogP contribution in [-0.2, 0) is 0 Å². The molecule has 2 aromatic rings. The highest BCUT2D eigenvalue weighted by molar-refractivity contribution is 6.29. The maximum absolute atomic E-state index is 6.26. The van der Waals surface area contributed by atoms with Gasteiger partial charge in [0.2, 0.25) is 5.28 Å². The molecule has 3 rings (SSSR count). The lowest BCUT2D eigenvalue weighted by atomic mass is 9.97. The van der Waals surface area contributed by atoms with E-state index in [0.717, 1.165) is 11.0 Å². The van der Waals surface area contributed by atoms with Crippen molar-refractivity contribution in [3.05, 3.63) is 53.9 Å². The van der Waals surface area contributed by atoms with Crippen molar-refractivity contribution in [2.75, 3.05) is 0 Å². The Hall–Kier alpha value is -1.54. The van der Waals surface area contributed by atoms with Gasteiger partial charge >= 0.3 is 0 Å². The topological polar surface area (TPSA) is 17.8 Å². The summed E-state index contributed by atoms with van der Waals surface area (Å²) in [6.07, 6.45) is 8.50. The summed E-state index contributed by atoms with van der Waals surface area (Å²) in [4.78, 5) is 4.39. The molecule has 1 aromatic heterocycles. The van der Waals surface area contributed by atoms with Crippen LogP contribution in [0, 0.1) is 5.92 Å². The van der Waals surface area contributed by atoms with Crippen LogP contribution < -0.4 is 0 Å². The second kappa shape index (κ2) is 4.04. The molecule has 0 amide bonds. The van der Waals surface area contributed by atoms with Crippen LogP contribution in [0.25, 0.3) is 11.0 Å². The molecule has 0 aliphatic heterocycles. The zero-order chi connectivity index (χ0) is 11.8. The summed E-state index contributed by atoms with van der Waals surface area (Å²) in [5.74, 6) is 0.426. The van der Waals surface area contributed by atoms with Gasteiger partial charge in [-0.25, -0.2) is 4.98 Å². The van der Waals surface area contributed by atoms with Crippen molar-refractivity contribution in [3.63, 3.8) is 0 Å². The number of imidazole rings is 1. The summed E-state index contributed by atoms with van der Waals surface area (Å²) in [6, 6.07) is 8.30. The molecule has 86 valence electrons. The maximum Gasteiger partial charge on any atom is 0.204 e. The number of para-hydroxylation sites is 2. The highest BCUT2D eigenvalue weighted by Crippen LogP contribution is 2.31. The molecule has 0 spiro atoms. The predicted molar refractivity (Wildman–Crippen MR) is 71.2 cm³/mol. The van der Waals surface area contributed by atoms with E-state index < -0.39 is 0 Å². The fourth-order valence-corrected chi connectivity index (χ4v) is 2.62. The van der Waals surface area contributed by atoms with Crippen LogP contribution in [0.3, 0.4) is 0 Å². The molecular weight excluding hydrogens is 232 g/mol. The molecule has 0 saturated carbocycles. The number of aromatic nitrogens is 2. The van der Waals surface area contributed by atoms with Crippen molar-refractivity contribution in [3.8, 4) is 0 Å². The third-order valence-electron chi connectivity index (χ3n) is 3.22. The molecule has 2 nitrogen and oxygen atoms in total. The summed E-state index contributed by atoms with van der Waals surface area (Å²) >= 11 is 6.26. The first-order chi connectivity index (χ1) is 8.27. The number of nitrogens with zero attached hydrogens (tertiary/aromatic N) is 2. The molecule has 3 heteroatoms. The number of allylic oxidation sites excluding steroid dienone is 4. The molecule has 2 unspecified atom stereocenters. The van der Waals surface area contributed by atoms with Crippen molar-refractivity contribution in [1.29, 1.82) is 0 Å². The lowest BCUT2D eigenvalue weighted by Crippen LogP contribution is -2.15. The van der Waals surface area contributed by atoms with E-state index in [1.807, 2.05) is 18.2 Å². The molecule has 1 heterocycles. The minimum absolute atomic E-state index is 0.250. The first-order valence-corrected chi connectivity index (χ1v) is 6.12. The van der Waals surface area contributed by atoms with Crippen molar-refractivity contribution in [1.82, 2.24) is 9.55 Å². The third kappa shape index (κ3) is 1.69. The van der Waals surface area contributed by atoms with E-state index >= 15 is 0 Å². The fraction of sp³-hybridized carbons (Fsp3) is 0.214. The Kier molecular flexibility index (Phi) is 2.52. The number of hydrogen-bond donors (Lipinski definition) is 0. The summed E-state index contributed by atoms with van der Waals surface area (Å²) in [5, 5.41) is 0.558. The van der Waals surface area contributed by atoms with E-state index in [2.05, 4.69) is 46.8 Å². The highest BCUT2D eigenvalue weighted by atomic mass is 35.5. The van der Waals surface area contributed by atoms with Crippen LogP contribution in [0.15, 0.2) is 48.6 Å². The Morgan fingerprint density at radius 3 is 2.76 bits per heavy atom. The van der Waals surface area contributed by atoms with E-state index in [0.29, 0.717) is 11.2 Å². The van der Waals surface area contributed by atoms with Crippen LogP contribution in [-0.4, -0.2) is 9.55 Å². The van der Waals surface area contributed by atoms with Crippen LogP contribution in [0.2, 0.25) is 5.28 Å². The maximum atomic E-state index is 6.26. The average Bonchev–Trinajstić information content (AvgIpc) is 2.66. The summed E-state index contributed by atoms with van der Waals surface area (Å²) in [6.45, 7) is 2.19. The molecule has 17 heavy (non-hydrogen) atoms. The van der Waals surface area contributed by atoms with E-state index in [9.17, 15) is 0 Å². The van der Waals surface area contributed by atoms with Crippen LogP contribution in [0.1, 0.15) is 13.0 Å². The third-order valence-corrected chi connectivity index (χ3v) is 3.49. The molecular formula is C14H13ClN2. The standard InChI is InChI=1S/C14H13ClN2/c1-10-6-2-4-8-12(10)17-13-9-5-3-7-11(13)16-14(17)15/h2-10,12H,1H3. The minimum Gasteiger partial charge on any atom is -0.307 e. The Balaban J connectivity index is 2.20. The SMILES string of the molecule is CC1C=CC=CC1n1c(Cl)nc2ccccc21. The molecule has 0 saturated heterocycles. The summed E-state index contributed by atoms with van der Waals surface area (Å²) < 4.78 is 2.10. The lowest BCUT2D eigenvalue weighted by Gasteiger charge is -2.23. The van der Waals surface area contributed by atoms with Crippen LogP contribution in [0.4, 0.5) is 0 Å². The molecule has 1 aromatic carbocycles. The van der Waals surface area contributed by atoms with Gasteiger partial charge in [-0.2, -0.15) is 0 Å². The van der Waals surface area contributed by atoms with Gasteiger partial charge in [0.1, 0.15) is 0 Å². The number of rotatable bonds is 1. The minimum atomic E-state index is 0.250. The molecule has 1 aliphatic rings. The first-order valence-electron chi connectivity index (χ1n) is 5.75. The number of halogens is 1. The van der Waals surface area contributed by atoms with E-state index in [1.54, 1.807) is 0 Å². The smallest absolute Gasteiger partial charge is 0.204 e. The number of benzene rings is 1. The normalized spacial score (nSPS) is 23.4. The van der Waals surface area contributed by atoms with Gasteiger partial charge in [-0.05, 0) is 29.7 Å².